The second kappa shape index (κ2) is 6.46. The Balaban J connectivity index is 3.69. The third kappa shape index (κ3) is 10.2. The number of aliphatic hydroxyl groups is 1. The van der Waals surface area contributed by atoms with Gasteiger partial charge in [-0.2, -0.15) is 0 Å². The molecule has 3 heteroatoms. The minimum atomic E-state index is -0.284. The predicted molar refractivity (Wildman–Crippen MR) is 66.1 cm³/mol. The van der Waals surface area contributed by atoms with Crippen LogP contribution < -0.4 is 5.32 Å². The minimum absolute atomic E-state index is 0.0810. The average Bonchev–Trinajstić information content (AvgIpc) is 1.97. The molecule has 0 fully saturated rings. The SMILES string of the molecule is CC(C)CN(C)CC(O)CNC(C)(C)C. The van der Waals surface area contributed by atoms with Gasteiger partial charge < -0.3 is 15.3 Å². The largest absolute Gasteiger partial charge is 0.390 e. The Morgan fingerprint density at radius 1 is 1.20 bits per heavy atom. The molecule has 0 aliphatic rings. The molecule has 0 saturated heterocycles. The predicted octanol–water partition coefficient (Wildman–Crippen LogP) is 1.32. The average molecular weight is 216 g/mol. The van der Waals surface area contributed by atoms with Crippen LogP contribution in [0.3, 0.4) is 0 Å². The Bertz CT molecular complexity index is 163. The molecule has 3 nitrogen and oxygen atoms in total. The molecule has 0 spiro atoms. The Morgan fingerprint density at radius 3 is 2.13 bits per heavy atom. The van der Waals surface area contributed by atoms with Crippen molar-refractivity contribution in [3.8, 4) is 0 Å². The molecule has 0 bridgehead atoms. The van der Waals surface area contributed by atoms with Crippen molar-refractivity contribution in [2.75, 3.05) is 26.7 Å². The summed E-state index contributed by atoms with van der Waals surface area (Å²) in [6.45, 7) is 13.1. The van der Waals surface area contributed by atoms with Crippen LogP contribution in [0, 0.1) is 5.92 Å². The van der Waals surface area contributed by atoms with Crippen LogP contribution in [0.5, 0.6) is 0 Å². The van der Waals surface area contributed by atoms with Crippen molar-refractivity contribution in [1.82, 2.24) is 10.2 Å². The fourth-order valence-corrected chi connectivity index (χ4v) is 1.55. The maximum atomic E-state index is 9.79. The summed E-state index contributed by atoms with van der Waals surface area (Å²) in [6.07, 6.45) is -0.284. The van der Waals surface area contributed by atoms with Crippen LogP contribution in [0.15, 0.2) is 0 Å². The van der Waals surface area contributed by atoms with Crippen LogP contribution in [0.1, 0.15) is 34.6 Å². The zero-order valence-electron chi connectivity index (χ0n) is 11.2. The highest BCUT2D eigenvalue weighted by Crippen LogP contribution is 2.00. The van der Waals surface area contributed by atoms with Gasteiger partial charge in [-0.05, 0) is 33.7 Å². The molecule has 0 aromatic rings. The van der Waals surface area contributed by atoms with Gasteiger partial charge in [0.05, 0.1) is 6.10 Å². The summed E-state index contributed by atoms with van der Waals surface area (Å²) in [5, 5.41) is 13.1. The summed E-state index contributed by atoms with van der Waals surface area (Å²) in [4.78, 5) is 2.18. The highest BCUT2D eigenvalue weighted by atomic mass is 16.3. The number of β-amino-alcohol motifs (C(OH)–C–C–N with tert-alkyl or cyclic N) is 1. The van der Waals surface area contributed by atoms with Crippen LogP contribution in [0.4, 0.5) is 0 Å². The van der Waals surface area contributed by atoms with Crippen molar-refractivity contribution in [1.29, 1.82) is 0 Å². The fourth-order valence-electron chi connectivity index (χ4n) is 1.55. The molecular weight excluding hydrogens is 188 g/mol. The van der Waals surface area contributed by atoms with E-state index in [1.54, 1.807) is 0 Å². The van der Waals surface area contributed by atoms with Crippen molar-refractivity contribution < 1.29 is 5.11 Å². The van der Waals surface area contributed by atoms with Gasteiger partial charge in [-0.3, -0.25) is 0 Å². The topological polar surface area (TPSA) is 35.5 Å². The van der Waals surface area contributed by atoms with E-state index in [1.807, 2.05) is 0 Å². The number of nitrogens with one attached hydrogen (secondary N) is 1. The van der Waals surface area contributed by atoms with Gasteiger partial charge in [-0.15, -0.1) is 0 Å². The highest BCUT2D eigenvalue weighted by molar-refractivity contribution is 4.74. The van der Waals surface area contributed by atoms with Gasteiger partial charge in [-0.1, -0.05) is 13.8 Å². The Kier molecular flexibility index (Phi) is 6.41. The third-order valence-electron chi connectivity index (χ3n) is 2.07. The molecule has 0 rings (SSSR count). The third-order valence-corrected chi connectivity index (χ3v) is 2.07. The lowest BCUT2D eigenvalue weighted by molar-refractivity contribution is 0.112. The van der Waals surface area contributed by atoms with Crippen molar-refractivity contribution in [2.24, 2.45) is 5.92 Å². The van der Waals surface area contributed by atoms with Crippen LogP contribution in [-0.4, -0.2) is 48.3 Å². The van der Waals surface area contributed by atoms with Gasteiger partial charge in [0.2, 0.25) is 0 Å². The number of hydrogen-bond donors (Lipinski definition) is 2. The molecule has 0 amide bonds. The summed E-state index contributed by atoms with van der Waals surface area (Å²) in [7, 11) is 2.06. The molecule has 0 aromatic carbocycles. The first-order chi connectivity index (χ1) is 6.70. The quantitative estimate of drug-likeness (QED) is 0.703. The zero-order valence-corrected chi connectivity index (χ0v) is 11.2. The molecule has 0 radical (unpaired) electrons. The maximum absolute atomic E-state index is 9.79. The lowest BCUT2D eigenvalue weighted by Crippen LogP contribution is -2.44. The smallest absolute Gasteiger partial charge is 0.0791 e. The lowest BCUT2D eigenvalue weighted by atomic mass is 10.1. The minimum Gasteiger partial charge on any atom is -0.390 e. The van der Waals surface area contributed by atoms with Gasteiger partial charge in [0, 0.05) is 25.2 Å². The number of likely N-dealkylation sites (N-methyl/N-ethyl adjacent to an activating group) is 1. The molecule has 0 aliphatic carbocycles. The van der Waals surface area contributed by atoms with E-state index in [4.69, 9.17) is 0 Å². The van der Waals surface area contributed by atoms with E-state index >= 15 is 0 Å². The van der Waals surface area contributed by atoms with Crippen molar-refractivity contribution >= 4 is 0 Å². The molecule has 0 heterocycles. The van der Waals surface area contributed by atoms with Crippen molar-refractivity contribution in [2.45, 2.75) is 46.3 Å². The second-order valence-electron chi connectivity index (χ2n) is 5.90. The summed E-state index contributed by atoms with van der Waals surface area (Å²) in [6, 6.07) is 0. The molecule has 92 valence electrons. The molecule has 1 atom stereocenters. The van der Waals surface area contributed by atoms with E-state index in [0.717, 1.165) is 13.1 Å². The van der Waals surface area contributed by atoms with Crippen LogP contribution in [-0.2, 0) is 0 Å². The van der Waals surface area contributed by atoms with E-state index in [9.17, 15) is 5.11 Å². The normalized spacial score (nSPS) is 15.0. The first-order valence-corrected chi connectivity index (χ1v) is 5.82. The van der Waals surface area contributed by atoms with Crippen molar-refractivity contribution in [3.05, 3.63) is 0 Å². The molecule has 1 unspecified atom stereocenters. The van der Waals surface area contributed by atoms with Crippen LogP contribution >= 0.6 is 0 Å². The van der Waals surface area contributed by atoms with Gasteiger partial charge in [0.1, 0.15) is 0 Å². The van der Waals surface area contributed by atoms with E-state index in [0.29, 0.717) is 12.5 Å². The monoisotopic (exact) mass is 216 g/mol. The summed E-state index contributed by atoms with van der Waals surface area (Å²) in [5.74, 6) is 0.651. The molecule has 2 N–H and O–H groups in total. The van der Waals surface area contributed by atoms with E-state index in [1.165, 1.54) is 0 Å². The summed E-state index contributed by atoms with van der Waals surface area (Å²) in [5.41, 5.74) is 0.0810. The fraction of sp³-hybridized carbons (Fsp3) is 1.00. The Morgan fingerprint density at radius 2 is 1.73 bits per heavy atom. The summed E-state index contributed by atoms with van der Waals surface area (Å²) >= 11 is 0. The summed E-state index contributed by atoms with van der Waals surface area (Å²) < 4.78 is 0. The van der Waals surface area contributed by atoms with Gasteiger partial charge >= 0.3 is 0 Å². The lowest BCUT2D eigenvalue weighted by Gasteiger charge is -2.26. The first-order valence-electron chi connectivity index (χ1n) is 5.82. The number of aliphatic hydroxyl groups excluding tert-OH is 1. The Hall–Kier alpha value is -0.120. The molecular formula is C12H28N2O. The van der Waals surface area contributed by atoms with Crippen LogP contribution in [0.25, 0.3) is 0 Å². The highest BCUT2D eigenvalue weighted by Gasteiger charge is 2.13. The first kappa shape index (κ1) is 14.9. The van der Waals surface area contributed by atoms with Gasteiger partial charge in [-0.25, -0.2) is 0 Å². The van der Waals surface area contributed by atoms with E-state index in [-0.39, 0.29) is 11.6 Å². The number of hydrogen-bond acceptors (Lipinski definition) is 3. The number of rotatable bonds is 6. The number of nitrogens with zero attached hydrogens (tertiary/aromatic N) is 1. The second-order valence-corrected chi connectivity index (χ2v) is 5.90. The van der Waals surface area contributed by atoms with Gasteiger partial charge in [0.15, 0.2) is 0 Å². The maximum Gasteiger partial charge on any atom is 0.0791 e. The van der Waals surface area contributed by atoms with Gasteiger partial charge in [0.25, 0.3) is 0 Å². The van der Waals surface area contributed by atoms with E-state index in [2.05, 4.69) is 51.9 Å². The molecule has 15 heavy (non-hydrogen) atoms. The Labute approximate surface area is 94.9 Å². The zero-order chi connectivity index (χ0) is 12.1. The van der Waals surface area contributed by atoms with Crippen LogP contribution in [0.2, 0.25) is 0 Å². The van der Waals surface area contributed by atoms with E-state index < -0.39 is 0 Å². The van der Waals surface area contributed by atoms with Crippen molar-refractivity contribution in [3.63, 3.8) is 0 Å². The molecule has 0 aromatic heterocycles. The molecule has 0 aliphatic heterocycles. The standard InChI is InChI=1S/C12H28N2O/c1-10(2)8-14(6)9-11(15)7-13-12(3,4)5/h10-11,13,15H,7-9H2,1-6H3. The molecule has 0 saturated carbocycles.